The molecule has 0 bridgehead atoms. The van der Waals surface area contributed by atoms with E-state index in [4.69, 9.17) is 4.74 Å². The minimum Gasteiger partial charge on any atom is -0.369 e. The molecule has 23 heavy (non-hydrogen) atoms. The summed E-state index contributed by atoms with van der Waals surface area (Å²) in [4.78, 5) is 14.2. The van der Waals surface area contributed by atoms with Crippen LogP contribution in [-0.4, -0.2) is 93.4 Å². The summed E-state index contributed by atoms with van der Waals surface area (Å²) in [6, 6.07) is -0.272. The second-order valence-corrected chi connectivity index (χ2v) is 9.20. The van der Waals surface area contributed by atoms with Gasteiger partial charge in [0, 0.05) is 47.3 Å². The molecule has 3 fully saturated rings. The maximum atomic E-state index is 12.1. The maximum absolute atomic E-state index is 12.1. The van der Waals surface area contributed by atoms with Gasteiger partial charge in [-0.2, -0.15) is 17.0 Å². The number of nitrogens with one attached hydrogen (secondary N) is 1. The number of nitrogens with zero attached hydrogens (tertiary/aromatic N) is 3. The first kappa shape index (κ1) is 17.1. The van der Waals surface area contributed by atoms with Crippen LogP contribution in [0.3, 0.4) is 0 Å². The van der Waals surface area contributed by atoms with Crippen LogP contribution in [0.4, 0.5) is 0 Å². The lowest BCUT2D eigenvalue weighted by Crippen LogP contribution is -2.74. The molecule has 1 atom stereocenters. The third-order valence-corrected chi connectivity index (χ3v) is 6.77. The van der Waals surface area contributed by atoms with Crippen molar-refractivity contribution in [3.05, 3.63) is 0 Å². The van der Waals surface area contributed by atoms with E-state index in [1.807, 2.05) is 0 Å². The number of carbonyl (C=O) groups excluding carboxylic acids is 1. The Morgan fingerprint density at radius 3 is 2.48 bits per heavy atom. The summed E-state index contributed by atoms with van der Waals surface area (Å²) >= 11 is 0. The molecule has 1 N–H and O–H groups in total. The van der Waals surface area contributed by atoms with Crippen molar-refractivity contribution in [3.8, 4) is 0 Å². The largest absolute Gasteiger partial charge is 0.369 e. The summed E-state index contributed by atoms with van der Waals surface area (Å²) in [5, 5.41) is 2.70. The van der Waals surface area contributed by atoms with Crippen molar-refractivity contribution in [2.75, 3.05) is 53.9 Å². The molecule has 1 spiro atoms. The lowest BCUT2D eigenvalue weighted by Gasteiger charge is -2.54. The number of morpholine rings is 1. The normalized spacial score (nSPS) is 28.8. The number of ether oxygens (including phenoxy) is 1. The number of carbonyl (C=O) groups is 1. The van der Waals surface area contributed by atoms with Crippen molar-refractivity contribution in [2.45, 2.75) is 24.5 Å². The van der Waals surface area contributed by atoms with Crippen LogP contribution in [0.1, 0.15) is 12.8 Å². The molecule has 9 heteroatoms. The van der Waals surface area contributed by atoms with Crippen molar-refractivity contribution >= 4 is 16.1 Å². The first-order valence-corrected chi connectivity index (χ1v) is 9.44. The molecule has 1 saturated carbocycles. The van der Waals surface area contributed by atoms with Gasteiger partial charge in [-0.25, -0.2) is 0 Å². The van der Waals surface area contributed by atoms with Gasteiger partial charge in [0.05, 0.1) is 6.61 Å². The SMILES string of the molecule is CNC(=O)[C@@H]1COC2(CN1CC1CC1)CN(S(=O)(=O)N(C)C)C2. The lowest BCUT2D eigenvalue weighted by molar-refractivity contribution is -0.185. The number of rotatable bonds is 5. The van der Waals surface area contributed by atoms with Crippen LogP contribution in [-0.2, 0) is 19.7 Å². The number of amides is 1. The summed E-state index contributed by atoms with van der Waals surface area (Å²) in [5.74, 6) is 0.636. The molecule has 0 aromatic carbocycles. The molecular weight excluding hydrogens is 320 g/mol. The van der Waals surface area contributed by atoms with Crippen molar-refractivity contribution in [2.24, 2.45) is 5.92 Å². The minimum atomic E-state index is -3.39. The standard InChI is InChI=1S/C14H26N4O4S/c1-15-13(19)12-7-22-14(8-17(12)6-11-4-5-11)9-18(10-14)23(20,21)16(2)3/h11-12H,4-10H2,1-3H3,(H,15,19)/t12-/m0/s1. The molecule has 3 aliphatic rings. The monoisotopic (exact) mass is 346 g/mol. The molecule has 0 radical (unpaired) electrons. The van der Waals surface area contributed by atoms with Crippen LogP contribution in [0.5, 0.6) is 0 Å². The van der Waals surface area contributed by atoms with Crippen molar-refractivity contribution in [1.29, 1.82) is 0 Å². The zero-order chi connectivity index (χ0) is 16.8. The van der Waals surface area contributed by atoms with Gasteiger partial charge in [-0.1, -0.05) is 0 Å². The zero-order valence-corrected chi connectivity index (χ0v) is 14.8. The van der Waals surface area contributed by atoms with Crippen LogP contribution >= 0.6 is 0 Å². The molecule has 132 valence electrons. The van der Waals surface area contributed by atoms with Crippen molar-refractivity contribution in [3.63, 3.8) is 0 Å². The van der Waals surface area contributed by atoms with Crippen LogP contribution in [0.25, 0.3) is 0 Å². The molecular formula is C14H26N4O4S. The van der Waals surface area contributed by atoms with E-state index in [-0.39, 0.29) is 11.9 Å². The first-order valence-electron chi connectivity index (χ1n) is 8.05. The molecule has 0 unspecified atom stereocenters. The lowest BCUT2D eigenvalue weighted by atomic mass is 9.92. The highest BCUT2D eigenvalue weighted by Gasteiger charge is 2.54. The molecule has 3 rings (SSSR count). The Hall–Kier alpha value is -0.740. The molecule has 8 nitrogen and oxygen atoms in total. The molecule has 2 aliphatic heterocycles. The second-order valence-electron chi connectivity index (χ2n) is 7.06. The van der Waals surface area contributed by atoms with Gasteiger partial charge in [-0.3, -0.25) is 9.69 Å². The highest BCUT2D eigenvalue weighted by atomic mass is 32.2. The number of likely N-dealkylation sites (N-methyl/N-ethyl adjacent to an activating group) is 1. The van der Waals surface area contributed by atoms with Gasteiger partial charge in [-0.05, 0) is 18.8 Å². The minimum absolute atomic E-state index is 0.0300. The molecule has 0 aromatic heterocycles. The molecule has 0 aromatic rings. The van der Waals surface area contributed by atoms with Crippen LogP contribution in [0, 0.1) is 5.92 Å². The van der Waals surface area contributed by atoms with Crippen LogP contribution < -0.4 is 5.32 Å². The van der Waals surface area contributed by atoms with Crippen molar-refractivity contribution < 1.29 is 17.9 Å². The Labute approximate surface area is 137 Å². The quantitative estimate of drug-likeness (QED) is 0.669. The van der Waals surface area contributed by atoms with Crippen LogP contribution in [0.15, 0.2) is 0 Å². The highest BCUT2D eigenvalue weighted by Crippen LogP contribution is 2.36. The van der Waals surface area contributed by atoms with E-state index >= 15 is 0 Å². The summed E-state index contributed by atoms with van der Waals surface area (Å²) < 4.78 is 32.9. The van der Waals surface area contributed by atoms with Crippen LogP contribution in [0.2, 0.25) is 0 Å². The van der Waals surface area contributed by atoms with Gasteiger partial charge in [0.1, 0.15) is 11.6 Å². The molecule has 1 amide bonds. The summed E-state index contributed by atoms with van der Waals surface area (Å²) in [7, 11) is 1.31. The van der Waals surface area contributed by atoms with Crippen molar-refractivity contribution in [1.82, 2.24) is 18.8 Å². The smallest absolute Gasteiger partial charge is 0.281 e. The Morgan fingerprint density at radius 2 is 1.96 bits per heavy atom. The third-order valence-electron chi connectivity index (χ3n) is 4.93. The number of hydrogen-bond donors (Lipinski definition) is 1. The summed E-state index contributed by atoms with van der Waals surface area (Å²) in [6.45, 7) is 2.54. The second kappa shape index (κ2) is 5.96. The van der Waals surface area contributed by atoms with Gasteiger partial charge in [0.25, 0.3) is 10.2 Å². The topological polar surface area (TPSA) is 82.2 Å². The van der Waals surface area contributed by atoms with Gasteiger partial charge in [-0.15, -0.1) is 0 Å². The molecule has 2 heterocycles. The van der Waals surface area contributed by atoms with Gasteiger partial charge < -0.3 is 10.1 Å². The Kier molecular flexibility index (Phi) is 4.43. The van der Waals surface area contributed by atoms with Gasteiger partial charge >= 0.3 is 0 Å². The highest BCUT2D eigenvalue weighted by molar-refractivity contribution is 7.86. The Bertz CT molecular complexity index is 569. The molecule has 1 aliphatic carbocycles. The predicted molar refractivity (Wildman–Crippen MR) is 85.0 cm³/mol. The fourth-order valence-corrected chi connectivity index (χ4v) is 4.56. The van der Waals surface area contributed by atoms with E-state index in [0.717, 1.165) is 6.54 Å². The number of hydrogen-bond acceptors (Lipinski definition) is 5. The summed E-state index contributed by atoms with van der Waals surface area (Å²) in [5.41, 5.74) is -0.470. The van der Waals surface area contributed by atoms with E-state index in [9.17, 15) is 13.2 Å². The van der Waals surface area contributed by atoms with E-state index < -0.39 is 15.8 Å². The van der Waals surface area contributed by atoms with E-state index in [1.165, 1.54) is 35.5 Å². The van der Waals surface area contributed by atoms with E-state index in [2.05, 4.69) is 10.2 Å². The predicted octanol–water partition coefficient (Wildman–Crippen LogP) is -1.30. The third kappa shape index (κ3) is 3.25. The summed E-state index contributed by atoms with van der Waals surface area (Å²) in [6.07, 6.45) is 2.43. The maximum Gasteiger partial charge on any atom is 0.281 e. The van der Waals surface area contributed by atoms with Gasteiger partial charge in [0.15, 0.2) is 0 Å². The van der Waals surface area contributed by atoms with Gasteiger partial charge in [0.2, 0.25) is 5.91 Å². The van der Waals surface area contributed by atoms with E-state index in [0.29, 0.717) is 32.2 Å². The van der Waals surface area contributed by atoms with E-state index in [1.54, 1.807) is 7.05 Å². The fraction of sp³-hybridized carbons (Fsp3) is 0.929. The zero-order valence-electron chi connectivity index (χ0n) is 14.0. The average Bonchev–Trinajstić information content (AvgIpc) is 3.27. The molecule has 2 saturated heterocycles. The average molecular weight is 346 g/mol. The Balaban J connectivity index is 1.66. The Morgan fingerprint density at radius 1 is 1.30 bits per heavy atom. The first-order chi connectivity index (χ1) is 10.8. The fourth-order valence-electron chi connectivity index (χ4n) is 3.30.